The highest BCUT2D eigenvalue weighted by Crippen LogP contribution is 2.58. The molecule has 2 heterocycles. The van der Waals surface area contributed by atoms with Crippen LogP contribution in [0.5, 0.6) is 0 Å². The molecule has 0 aliphatic heterocycles. The van der Waals surface area contributed by atoms with E-state index in [0.717, 1.165) is 4.47 Å². The van der Waals surface area contributed by atoms with Gasteiger partial charge in [0, 0.05) is 16.3 Å². The Kier molecular flexibility index (Phi) is 5.69. The zero-order valence-corrected chi connectivity index (χ0v) is 20.6. The van der Waals surface area contributed by atoms with Crippen LogP contribution in [-0.2, 0) is 16.2 Å². The van der Waals surface area contributed by atoms with E-state index < -0.39 is 28.3 Å². The van der Waals surface area contributed by atoms with E-state index in [1.165, 1.54) is 10.9 Å². The van der Waals surface area contributed by atoms with Crippen molar-refractivity contribution in [2.45, 2.75) is 29.3 Å². The van der Waals surface area contributed by atoms with Crippen LogP contribution in [0.25, 0.3) is 28.5 Å². The Morgan fingerprint density at radius 2 is 1.79 bits per heavy atom. The molecule has 12 heteroatoms. The molecule has 5 rings (SSSR count). The number of hydrogen-bond donors (Lipinski definition) is 0. The number of alkyl halides is 3. The minimum atomic E-state index is -4.51. The summed E-state index contributed by atoms with van der Waals surface area (Å²) in [7, 11) is -1.62. The minimum Gasteiger partial charge on any atom is -0.418 e. The van der Waals surface area contributed by atoms with Gasteiger partial charge >= 0.3 is 6.18 Å². The Bertz CT molecular complexity index is 1410. The van der Waals surface area contributed by atoms with Crippen molar-refractivity contribution in [3.05, 3.63) is 63.9 Å². The Hall–Kier alpha value is -2.50. The standard InChI is InChI=1S/C22H15BrClF3N4O2S/c1-34(32)18-16(19-28-29-20(33-19)21(10-11-21)22(25,26)27)30-31(15-5-3-2-4-14(15)24)17(18)12-6-8-13(23)9-7-12/h2-9H,10-11H2,1H3. The molecule has 6 nitrogen and oxygen atoms in total. The fraction of sp³-hybridized carbons (Fsp3) is 0.227. The van der Waals surface area contributed by atoms with Gasteiger partial charge in [-0.1, -0.05) is 51.8 Å². The average molecular weight is 572 g/mol. The number of benzene rings is 2. The van der Waals surface area contributed by atoms with Crippen molar-refractivity contribution in [1.29, 1.82) is 0 Å². The summed E-state index contributed by atoms with van der Waals surface area (Å²) in [5, 5.41) is 12.5. The van der Waals surface area contributed by atoms with Gasteiger partial charge in [-0.3, -0.25) is 4.21 Å². The molecule has 0 bridgehead atoms. The van der Waals surface area contributed by atoms with Crippen LogP contribution in [0.2, 0.25) is 5.02 Å². The van der Waals surface area contributed by atoms with Gasteiger partial charge in [-0.05, 0) is 37.1 Å². The SMILES string of the molecule is CS(=O)c1c(-c2nnc(C3(C(F)(F)F)CC3)o2)nn(-c2ccccc2Cl)c1-c1ccc(Br)cc1. The van der Waals surface area contributed by atoms with Crippen molar-refractivity contribution in [1.82, 2.24) is 20.0 Å². The smallest absolute Gasteiger partial charge is 0.403 e. The molecule has 2 aromatic carbocycles. The van der Waals surface area contributed by atoms with Gasteiger partial charge in [-0.2, -0.15) is 18.3 Å². The third-order valence-corrected chi connectivity index (χ3v) is 7.47. The van der Waals surface area contributed by atoms with Crippen molar-refractivity contribution in [2.75, 3.05) is 6.26 Å². The molecule has 1 fully saturated rings. The van der Waals surface area contributed by atoms with Crippen LogP contribution in [0.1, 0.15) is 18.7 Å². The summed E-state index contributed by atoms with van der Waals surface area (Å²) in [6.45, 7) is 0. The molecule has 0 N–H and O–H groups in total. The van der Waals surface area contributed by atoms with E-state index in [9.17, 15) is 17.4 Å². The highest BCUT2D eigenvalue weighted by Gasteiger charge is 2.68. The zero-order chi connectivity index (χ0) is 24.3. The molecule has 2 aromatic heterocycles. The van der Waals surface area contributed by atoms with Gasteiger partial charge in [0.1, 0.15) is 5.41 Å². The number of hydrogen-bond acceptors (Lipinski definition) is 5. The first-order valence-electron chi connectivity index (χ1n) is 10.0. The van der Waals surface area contributed by atoms with Gasteiger partial charge in [0.25, 0.3) is 5.89 Å². The molecule has 4 aromatic rings. The van der Waals surface area contributed by atoms with Crippen LogP contribution in [0.4, 0.5) is 13.2 Å². The predicted molar refractivity (Wildman–Crippen MR) is 124 cm³/mol. The highest BCUT2D eigenvalue weighted by atomic mass is 79.9. The average Bonchev–Trinajstić information content (AvgIpc) is 3.30. The monoisotopic (exact) mass is 570 g/mol. The summed E-state index contributed by atoms with van der Waals surface area (Å²) >= 11 is 9.83. The molecule has 0 saturated heterocycles. The van der Waals surface area contributed by atoms with E-state index >= 15 is 0 Å². The number of halogens is 5. The lowest BCUT2D eigenvalue weighted by atomic mass is 10.1. The Balaban J connectivity index is 1.75. The largest absolute Gasteiger partial charge is 0.418 e. The van der Waals surface area contributed by atoms with Crippen molar-refractivity contribution >= 4 is 38.3 Å². The van der Waals surface area contributed by atoms with Gasteiger partial charge in [0.05, 0.1) is 32.1 Å². The summed E-state index contributed by atoms with van der Waals surface area (Å²) in [6.07, 6.45) is -3.30. The number of rotatable bonds is 5. The van der Waals surface area contributed by atoms with Crippen molar-refractivity contribution < 1.29 is 21.8 Å². The molecule has 0 amide bonds. The molecular weight excluding hydrogens is 557 g/mol. The van der Waals surface area contributed by atoms with E-state index in [-0.39, 0.29) is 29.3 Å². The van der Waals surface area contributed by atoms with E-state index in [2.05, 4.69) is 31.2 Å². The van der Waals surface area contributed by atoms with Crippen LogP contribution in [-0.4, -0.2) is 36.6 Å². The van der Waals surface area contributed by atoms with E-state index in [1.54, 1.807) is 36.4 Å². The lowest BCUT2D eigenvalue weighted by Gasteiger charge is -2.14. The number of nitrogens with zero attached hydrogens (tertiary/aromatic N) is 4. The summed E-state index contributed by atoms with van der Waals surface area (Å²) in [4.78, 5) is 0.245. The van der Waals surface area contributed by atoms with Crippen molar-refractivity contribution in [3.63, 3.8) is 0 Å². The van der Waals surface area contributed by atoms with Crippen LogP contribution in [0, 0.1) is 0 Å². The van der Waals surface area contributed by atoms with E-state index in [0.29, 0.717) is 22.0 Å². The summed E-state index contributed by atoms with van der Waals surface area (Å²) in [5.41, 5.74) is -0.484. The topological polar surface area (TPSA) is 73.8 Å². The summed E-state index contributed by atoms with van der Waals surface area (Å²) in [6, 6.07) is 14.2. The van der Waals surface area contributed by atoms with E-state index in [4.69, 9.17) is 16.0 Å². The molecule has 34 heavy (non-hydrogen) atoms. The van der Waals surface area contributed by atoms with E-state index in [1.807, 2.05) is 12.1 Å². The second kappa shape index (κ2) is 8.31. The number of para-hydroxylation sites is 1. The molecule has 0 spiro atoms. The van der Waals surface area contributed by atoms with Gasteiger partial charge in [-0.15, -0.1) is 10.2 Å². The third-order valence-electron chi connectivity index (χ3n) is 5.66. The van der Waals surface area contributed by atoms with Crippen molar-refractivity contribution in [2.24, 2.45) is 0 Å². The van der Waals surface area contributed by atoms with Crippen LogP contribution in [0.3, 0.4) is 0 Å². The first-order chi connectivity index (χ1) is 16.1. The van der Waals surface area contributed by atoms with Crippen molar-refractivity contribution in [3.8, 4) is 28.5 Å². The van der Waals surface area contributed by atoms with Gasteiger partial charge in [-0.25, -0.2) is 4.68 Å². The quantitative estimate of drug-likeness (QED) is 0.280. The predicted octanol–water partition coefficient (Wildman–Crippen LogP) is 6.34. The summed E-state index contributed by atoms with van der Waals surface area (Å²) < 4.78 is 61.5. The van der Waals surface area contributed by atoms with Gasteiger partial charge in [0.2, 0.25) is 5.89 Å². The molecule has 1 aliphatic rings. The number of aromatic nitrogens is 4. The molecule has 1 saturated carbocycles. The lowest BCUT2D eigenvalue weighted by molar-refractivity contribution is -0.165. The maximum atomic E-state index is 13.6. The maximum Gasteiger partial charge on any atom is 0.403 e. The fourth-order valence-electron chi connectivity index (χ4n) is 3.73. The fourth-order valence-corrected chi connectivity index (χ4v) is 5.09. The van der Waals surface area contributed by atoms with Crippen LogP contribution >= 0.6 is 27.5 Å². The second-order valence-electron chi connectivity index (χ2n) is 7.84. The molecular formula is C22H15BrClF3N4O2S. The normalized spacial score (nSPS) is 15.9. The second-order valence-corrected chi connectivity index (χ2v) is 10.5. The first kappa shape index (κ1) is 23.3. The van der Waals surface area contributed by atoms with Crippen LogP contribution < -0.4 is 0 Å². The minimum absolute atomic E-state index is 0.0374. The Labute approximate surface area is 207 Å². The Morgan fingerprint density at radius 3 is 2.38 bits per heavy atom. The molecule has 1 unspecified atom stereocenters. The summed E-state index contributed by atoms with van der Waals surface area (Å²) in [5.74, 6) is -0.750. The molecule has 1 atom stereocenters. The third kappa shape index (κ3) is 3.79. The highest BCUT2D eigenvalue weighted by molar-refractivity contribution is 9.10. The molecule has 176 valence electrons. The van der Waals surface area contributed by atoms with Crippen LogP contribution in [0.15, 0.2) is 62.3 Å². The molecule has 0 radical (unpaired) electrons. The lowest BCUT2D eigenvalue weighted by Crippen LogP contribution is -2.28. The van der Waals surface area contributed by atoms with Gasteiger partial charge < -0.3 is 4.42 Å². The van der Waals surface area contributed by atoms with Gasteiger partial charge in [0.15, 0.2) is 5.69 Å². The zero-order valence-electron chi connectivity index (χ0n) is 17.4. The Morgan fingerprint density at radius 1 is 1.12 bits per heavy atom. The maximum absolute atomic E-state index is 13.6. The first-order valence-corrected chi connectivity index (χ1v) is 12.7. The molecule has 1 aliphatic carbocycles.